The minimum Gasteiger partial charge on any atom is -0.478 e. The number of benzene rings is 1. The third-order valence-electron chi connectivity index (χ3n) is 3.08. The van der Waals surface area contributed by atoms with Crippen LogP contribution >= 0.6 is 0 Å². The summed E-state index contributed by atoms with van der Waals surface area (Å²) in [6, 6.07) is 4.04. The molecule has 1 fully saturated rings. The Hall–Kier alpha value is -1.62. The molecule has 2 rings (SSSR count). The van der Waals surface area contributed by atoms with Gasteiger partial charge in [-0.2, -0.15) is 0 Å². The Morgan fingerprint density at radius 1 is 1.53 bits per heavy atom. The molecule has 0 saturated carbocycles. The maximum absolute atomic E-state index is 13.7. The molecule has 0 spiro atoms. The second-order valence-corrected chi connectivity index (χ2v) is 4.22. The first-order valence-corrected chi connectivity index (χ1v) is 5.51. The molecule has 0 aliphatic carbocycles. The molecule has 0 amide bonds. The van der Waals surface area contributed by atoms with E-state index in [0.717, 1.165) is 6.42 Å². The van der Waals surface area contributed by atoms with Gasteiger partial charge in [-0.15, -0.1) is 0 Å². The topological polar surface area (TPSA) is 60.8 Å². The van der Waals surface area contributed by atoms with Gasteiger partial charge in [0.15, 0.2) is 0 Å². The summed E-state index contributed by atoms with van der Waals surface area (Å²) in [5.41, 5.74) is 0.111. The van der Waals surface area contributed by atoms with Crippen molar-refractivity contribution < 1.29 is 19.4 Å². The average Bonchev–Trinajstić information content (AvgIpc) is 2.76. The lowest BCUT2D eigenvalue weighted by Crippen LogP contribution is -2.24. The quantitative estimate of drug-likeness (QED) is 0.835. The number of aliphatic hydroxyl groups is 1. The molecule has 1 saturated heterocycles. The lowest BCUT2D eigenvalue weighted by molar-refractivity contribution is 0.0697. The van der Waals surface area contributed by atoms with Crippen molar-refractivity contribution in [3.05, 3.63) is 29.6 Å². The van der Waals surface area contributed by atoms with Gasteiger partial charge in [0, 0.05) is 25.6 Å². The lowest BCUT2D eigenvalue weighted by atomic mass is 10.1. The van der Waals surface area contributed by atoms with Crippen molar-refractivity contribution in [2.45, 2.75) is 6.42 Å². The monoisotopic (exact) mass is 239 g/mol. The molecule has 1 aliphatic heterocycles. The second kappa shape index (κ2) is 4.71. The van der Waals surface area contributed by atoms with Crippen molar-refractivity contribution in [3.63, 3.8) is 0 Å². The number of carboxylic acids is 1. The van der Waals surface area contributed by atoms with E-state index in [2.05, 4.69) is 0 Å². The molecular formula is C12H14FNO3. The Labute approximate surface area is 98.3 Å². The minimum absolute atomic E-state index is 0.0245. The Kier molecular flexibility index (Phi) is 3.28. The number of carbonyl (C=O) groups is 1. The van der Waals surface area contributed by atoms with E-state index in [0.29, 0.717) is 13.1 Å². The number of anilines is 1. The van der Waals surface area contributed by atoms with Crippen molar-refractivity contribution >= 4 is 11.7 Å². The zero-order valence-electron chi connectivity index (χ0n) is 9.27. The smallest absolute Gasteiger partial charge is 0.337 e. The number of hydrogen-bond acceptors (Lipinski definition) is 3. The molecule has 1 atom stereocenters. The van der Waals surface area contributed by atoms with E-state index in [1.807, 2.05) is 0 Å². The Morgan fingerprint density at radius 3 is 2.88 bits per heavy atom. The first-order valence-electron chi connectivity index (χ1n) is 5.51. The fourth-order valence-corrected chi connectivity index (χ4v) is 2.19. The van der Waals surface area contributed by atoms with Gasteiger partial charge in [0.1, 0.15) is 5.82 Å². The predicted octanol–water partition coefficient (Wildman–Crippen LogP) is 1.34. The van der Waals surface area contributed by atoms with Gasteiger partial charge in [0.05, 0.1) is 11.3 Å². The summed E-state index contributed by atoms with van der Waals surface area (Å²) in [6.07, 6.45) is 0.754. The van der Waals surface area contributed by atoms with Gasteiger partial charge >= 0.3 is 5.97 Å². The Bertz CT molecular complexity index is 436. The molecule has 1 aliphatic rings. The van der Waals surface area contributed by atoms with Crippen LogP contribution in [0.5, 0.6) is 0 Å². The highest BCUT2D eigenvalue weighted by Crippen LogP contribution is 2.29. The molecule has 1 unspecified atom stereocenters. The van der Waals surface area contributed by atoms with Gasteiger partial charge in [-0.1, -0.05) is 6.07 Å². The summed E-state index contributed by atoms with van der Waals surface area (Å²) in [6.45, 7) is 1.12. The molecule has 0 aromatic heterocycles. The molecule has 4 nitrogen and oxygen atoms in total. The van der Waals surface area contributed by atoms with Crippen molar-refractivity contribution in [2.24, 2.45) is 5.92 Å². The third kappa shape index (κ3) is 2.24. The third-order valence-corrected chi connectivity index (χ3v) is 3.08. The Balaban J connectivity index is 2.34. The first kappa shape index (κ1) is 11.9. The Morgan fingerprint density at radius 2 is 2.29 bits per heavy atom. The zero-order chi connectivity index (χ0) is 12.4. The molecule has 1 aromatic rings. The van der Waals surface area contributed by atoms with E-state index >= 15 is 0 Å². The van der Waals surface area contributed by atoms with Crippen molar-refractivity contribution in [1.29, 1.82) is 0 Å². The number of halogens is 1. The van der Waals surface area contributed by atoms with Gasteiger partial charge < -0.3 is 15.1 Å². The van der Waals surface area contributed by atoms with Gasteiger partial charge in [0.25, 0.3) is 0 Å². The first-order chi connectivity index (χ1) is 8.13. The number of hydrogen-bond donors (Lipinski definition) is 2. The predicted molar refractivity (Wildman–Crippen MR) is 60.8 cm³/mol. The SMILES string of the molecule is O=C(O)c1cccc(F)c1N1CCC(CO)C1. The number of nitrogens with zero attached hydrogens (tertiary/aromatic N) is 1. The fraction of sp³-hybridized carbons (Fsp3) is 0.417. The van der Waals surface area contributed by atoms with Crippen molar-refractivity contribution in [3.8, 4) is 0 Å². The molecule has 17 heavy (non-hydrogen) atoms. The molecule has 1 heterocycles. The number of carboxylic acid groups (broad SMARTS) is 1. The van der Waals surface area contributed by atoms with E-state index in [1.165, 1.54) is 18.2 Å². The molecule has 0 radical (unpaired) electrons. The fourth-order valence-electron chi connectivity index (χ4n) is 2.19. The van der Waals surface area contributed by atoms with Crippen LogP contribution in [-0.2, 0) is 0 Å². The van der Waals surface area contributed by atoms with Crippen molar-refractivity contribution in [1.82, 2.24) is 0 Å². The summed E-state index contributed by atoms with van der Waals surface area (Å²) < 4.78 is 13.7. The van der Waals surface area contributed by atoms with Crippen LogP contribution in [0.4, 0.5) is 10.1 Å². The molecule has 2 N–H and O–H groups in total. The highest BCUT2D eigenvalue weighted by atomic mass is 19.1. The lowest BCUT2D eigenvalue weighted by Gasteiger charge is -2.21. The summed E-state index contributed by atoms with van der Waals surface area (Å²) in [5, 5.41) is 18.1. The van der Waals surface area contributed by atoms with Crippen LogP contribution < -0.4 is 4.90 Å². The van der Waals surface area contributed by atoms with Crippen molar-refractivity contribution in [2.75, 3.05) is 24.6 Å². The van der Waals surface area contributed by atoms with Crippen LogP contribution in [0.25, 0.3) is 0 Å². The van der Waals surface area contributed by atoms with E-state index in [-0.39, 0.29) is 23.8 Å². The molecule has 0 bridgehead atoms. The van der Waals surface area contributed by atoms with Crippen LogP contribution in [0.15, 0.2) is 18.2 Å². The summed E-state index contributed by atoms with van der Waals surface area (Å²) in [7, 11) is 0. The molecular weight excluding hydrogens is 225 g/mol. The highest BCUT2D eigenvalue weighted by molar-refractivity contribution is 5.94. The van der Waals surface area contributed by atoms with Gasteiger partial charge in [-0.3, -0.25) is 0 Å². The van der Waals surface area contributed by atoms with E-state index in [1.54, 1.807) is 4.90 Å². The maximum atomic E-state index is 13.7. The van der Waals surface area contributed by atoms with Gasteiger partial charge in [-0.25, -0.2) is 9.18 Å². The maximum Gasteiger partial charge on any atom is 0.337 e. The van der Waals surface area contributed by atoms with E-state index in [4.69, 9.17) is 10.2 Å². The van der Waals surface area contributed by atoms with Crippen LogP contribution in [0.1, 0.15) is 16.8 Å². The molecule has 1 aromatic carbocycles. The number of aliphatic hydroxyl groups excluding tert-OH is 1. The van der Waals surface area contributed by atoms with Gasteiger partial charge in [0.2, 0.25) is 0 Å². The van der Waals surface area contributed by atoms with Crippen LogP contribution in [0.2, 0.25) is 0 Å². The summed E-state index contributed by atoms with van der Waals surface area (Å²) in [5.74, 6) is -1.56. The average molecular weight is 239 g/mol. The van der Waals surface area contributed by atoms with Gasteiger partial charge in [-0.05, 0) is 18.6 Å². The standard InChI is InChI=1S/C12H14FNO3/c13-10-3-1-2-9(12(16)17)11(10)14-5-4-8(6-14)7-15/h1-3,8,15H,4-7H2,(H,16,17). The van der Waals surface area contributed by atoms with E-state index in [9.17, 15) is 9.18 Å². The second-order valence-electron chi connectivity index (χ2n) is 4.22. The summed E-state index contributed by atoms with van der Waals surface area (Å²) >= 11 is 0. The normalized spacial score (nSPS) is 19.6. The number of para-hydroxylation sites is 1. The highest BCUT2D eigenvalue weighted by Gasteiger charge is 2.27. The van der Waals surface area contributed by atoms with Crippen LogP contribution in [-0.4, -0.2) is 35.9 Å². The minimum atomic E-state index is -1.13. The molecule has 5 heteroatoms. The van der Waals surface area contributed by atoms with E-state index < -0.39 is 11.8 Å². The largest absolute Gasteiger partial charge is 0.478 e. The number of aromatic carboxylic acids is 1. The van der Waals surface area contributed by atoms with Crippen LogP contribution in [0, 0.1) is 11.7 Å². The van der Waals surface area contributed by atoms with Crippen LogP contribution in [0.3, 0.4) is 0 Å². The summed E-state index contributed by atoms with van der Waals surface area (Å²) in [4.78, 5) is 12.7. The number of rotatable bonds is 3. The zero-order valence-corrected chi connectivity index (χ0v) is 9.27. The molecule has 92 valence electrons.